The number of rotatable bonds is 6. The Morgan fingerprint density at radius 1 is 1.25 bits per heavy atom. The molecule has 6 nitrogen and oxygen atoms in total. The van der Waals surface area contributed by atoms with Crippen LogP contribution < -0.4 is 4.90 Å². The number of ether oxygens (including phenoxy) is 1. The van der Waals surface area contributed by atoms with Crippen molar-refractivity contribution in [3.8, 4) is 0 Å². The molecule has 0 bridgehead atoms. The monoisotopic (exact) mass is 351 g/mol. The summed E-state index contributed by atoms with van der Waals surface area (Å²) < 4.78 is 28.1. The Hall–Kier alpha value is -2.15. The quantitative estimate of drug-likeness (QED) is 0.735. The van der Waals surface area contributed by atoms with Crippen LogP contribution in [0.1, 0.15) is 36.5 Å². The number of carbonyl (C=O) groups is 2. The lowest BCUT2D eigenvalue weighted by Gasteiger charge is -2.28. The van der Waals surface area contributed by atoms with Gasteiger partial charge in [-0.2, -0.15) is 0 Å². The molecular formula is C17H21NO5S. The Bertz CT molecular complexity index is 737. The molecule has 1 aliphatic heterocycles. The van der Waals surface area contributed by atoms with E-state index in [2.05, 4.69) is 4.74 Å². The molecule has 0 N–H and O–H groups in total. The highest BCUT2D eigenvalue weighted by atomic mass is 32.2. The Morgan fingerprint density at radius 3 is 2.42 bits per heavy atom. The summed E-state index contributed by atoms with van der Waals surface area (Å²) >= 11 is 0. The second kappa shape index (κ2) is 7.61. The molecule has 0 aromatic heterocycles. The normalized spacial score (nSPS) is 18.3. The average molecular weight is 351 g/mol. The highest BCUT2D eigenvalue weighted by molar-refractivity contribution is 7.94. The number of unbranched alkanes of at least 4 members (excludes halogenated alkanes) is 1. The van der Waals surface area contributed by atoms with Crippen molar-refractivity contribution in [2.75, 3.05) is 17.8 Å². The number of hydrogen-bond donors (Lipinski definition) is 0. The Labute approximate surface area is 142 Å². The van der Waals surface area contributed by atoms with Crippen LogP contribution in [0.3, 0.4) is 0 Å². The van der Waals surface area contributed by atoms with Gasteiger partial charge in [0.05, 0.1) is 24.5 Å². The number of amides is 1. The summed E-state index contributed by atoms with van der Waals surface area (Å²) in [5.41, 5.74) is 0.937. The third-order valence-corrected chi connectivity index (χ3v) is 5.20. The molecule has 0 aliphatic carbocycles. The smallest absolute Gasteiger partial charge is 0.337 e. The first kappa shape index (κ1) is 18.2. The highest BCUT2D eigenvalue weighted by Gasteiger charge is 2.31. The predicted octanol–water partition coefficient (Wildman–Crippen LogP) is 2.31. The predicted molar refractivity (Wildman–Crippen MR) is 91.5 cm³/mol. The fourth-order valence-electron chi connectivity index (χ4n) is 2.56. The third-order valence-electron chi connectivity index (χ3n) is 3.82. The van der Waals surface area contributed by atoms with Gasteiger partial charge in [-0.15, -0.1) is 0 Å². The van der Waals surface area contributed by atoms with E-state index in [-0.39, 0.29) is 11.7 Å². The van der Waals surface area contributed by atoms with Crippen molar-refractivity contribution in [1.29, 1.82) is 0 Å². The van der Waals surface area contributed by atoms with Gasteiger partial charge in [0.2, 0.25) is 5.91 Å². The molecule has 1 amide bonds. The molecule has 130 valence electrons. The standard InChI is InChI=1S/C17H21NO5S/c1-3-4-5-16(19)18(15-10-11-24(21,22)12-15)14-8-6-13(7-9-14)17(20)23-2/h6-11,15H,3-5,12H2,1-2H3. The second-order valence-corrected chi connectivity index (χ2v) is 7.56. The molecule has 7 heteroatoms. The van der Waals surface area contributed by atoms with Crippen LogP contribution in [-0.2, 0) is 19.4 Å². The minimum atomic E-state index is -3.28. The maximum Gasteiger partial charge on any atom is 0.337 e. The largest absolute Gasteiger partial charge is 0.465 e. The van der Waals surface area contributed by atoms with Crippen molar-refractivity contribution in [1.82, 2.24) is 0 Å². The first-order valence-electron chi connectivity index (χ1n) is 7.79. The molecule has 2 rings (SSSR count). The molecule has 0 saturated heterocycles. The van der Waals surface area contributed by atoms with E-state index >= 15 is 0 Å². The fourth-order valence-corrected chi connectivity index (χ4v) is 3.83. The fraction of sp³-hybridized carbons (Fsp3) is 0.412. The second-order valence-electron chi connectivity index (χ2n) is 5.63. The zero-order valence-corrected chi connectivity index (χ0v) is 14.6. The van der Waals surface area contributed by atoms with Crippen LogP contribution in [0.15, 0.2) is 35.7 Å². The number of esters is 1. The van der Waals surface area contributed by atoms with E-state index < -0.39 is 21.8 Å². The van der Waals surface area contributed by atoms with Gasteiger partial charge >= 0.3 is 5.97 Å². The summed E-state index contributed by atoms with van der Waals surface area (Å²) in [5.74, 6) is -0.716. The number of sulfone groups is 1. The van der Waals surface area contributed by atoms with E-state index in [4.69, 9.17) is 0 Å². The minimum absolute atomic E-state index is 0.121. The van der Waals surface area contributed by atoms with Crippen molar-refractivity contribution in [3.63, 3.8) is 0 Å². The first-order valence-corrected chi connectivity index (χ1v) is 9.51. The zero-order chi connectivity index (χ0) is 17.7. The van der Waals surface area contributed by atoms with E-state index in [1.54, 1.807) is 24.3 Å². The van der Waals surface area contributed by atoms with Crippen LogP contribution in [0.4, 0.5) is 5.69 Å². The molecular weight excluding hydrogens is 330 g/mol. The summed E-state index contributed by atoms with van der Waals surface area (Å²) in [4.78, 5) is 25.6. The van der Waals surface area contributed by atoms with Crippen LogP contribution in [0.5, 0.6) is 0 Å². The van der Waals surface area contributed by atoms with Gasteiger partial charge in [-0.3, -0.25) is 4.79 Å². The molecule has 1 unspecified atom stereocenters. The summed E-state index contributed by atoms with van der Waals surface area (Å²) in [6, 6.07) is 5.87. The summed E-state index contributed by atoms with van der Waals surface area (Å²) in [7, 11) is -1.98. The summed E-state index contributed by atoms with van der Waals surface area (Å²) in [6.07, 6.45) is 3.49. The maximum absolute atomic E-state index is 12.6. The van der Waals surface area contributed by atoms with Gasteiger partial charge in [-0.05, 0) is 36.8 Å². The molecule has 0 saturated carbocycles. The van der Waals surface area contributed by atoms with E-state index in [9.17, 15) is 18.0 Å². The number of nitrogens with zero attached hydrogens (tertiary/aromatic N) is 1. The van der Waals surface area contributed by atoms with Gasteiger partial charge in [0, 0.05) is 17.5 Å². The van der Waals surface area contributed by atoms with Gasteiger partial charge in [-0.1, -0.05) is 13.3 Å². The van der Waals surface area contributed by atoms with Gasteiger partial charge in [0.15, 0.2) is 9.84 Å². The maximum atomic E-state index is 12.6. The number of methoxy groups -OCH3 is 1. The number of carbonyl (C=O) groups excluding carboxylic acids is 2. The van der Waals surface area contributed by atoms with Crippen LogP contribution >= 0.6 is 0 Å². The molecule has 0 spiro atoms. The van der Waals surface area contributed by atoms with Crippen molar-refractivity contribution in [3.05, 3.63) is 41.3 Å². The zero-order valence-electron chi connectivity index (χ0n) is 13.8. The van der Waals surface area contributed by atoms with Crippen LogP contribution in [-0.4, -0.2) is 39.2 Å². The number of benzene rings is 1. The average Bonchev–Trinajstić information content (AvgIpc) is 2.92. The number of anilines is 1. The van der Waals surface area contributed by atoms with Gasteiger partial charge in [0.25, 0.3) is 0 Å². The summed E-state index contributed by atoms with van der Waals surface area (Å²) in [5, 5.41) is 1.15. The summed E-state index contributed by atoms with van der Waals surface area (Å²) in [6.45, 7) is 1.99. The van der Waals surface area contributed by atoms with Crippen molar-refractivity contribution in [2.24, 2.45) is 0 Å². The lowest BCUT2D eigenvalue weighted by molar-refractivity contribution is -0.118. The Balaban J connectivity index is 2.30. The molecule has 1 aromatic carbocycles. The van der Waals surface area contributed by atoms with Gasteiger partial charge in [0.1, 0.15) is 0 Å². The van der Waals surface area contributed by atoms with Crippen LogP contribution in [0.25, 0.3) is 0 Å². The van der Waals surface area contributed by atoms with Crippen LogP contribution in [0, 0.1) is 0 Å². The molecule has 24 heavy (non-hydrogen) atoms. The highest BCUT2D eigenvalue weighted by Crippen LogP contribution is 2.25. The molecule has 1 atom stereocenters. The van der Waals surface area contributed by atoms with Crippen molar-refractivity contribution < 1.29 is 22.7 Å². The van der Waals surface area contributed by atoms with Crippen LogP contribution in [0.2, 0.25) is 0 Å². The topological polar surface area (TPSA) is 80.8 Å². The van der Waals surface area contributed by atoms with Gasteiger partial charge in [-0.25, -0.2) is 13.2 Å². The SMILES string of the molecule is CCCCC(=O)N(c1ccc(C(=O)OC)cc1)C1C=CS(=O)(=O)C1. The van der Waals surface area contributed by atoms with E-state index in [1.807, 2.05) is 6.92 Å². The van der Waals surface area contributed by atoms with E-state index in [1.165, 1.54) is 18.1 Å². The number of hydrogen-bond acceptors (Lipinski definition) is 5. The van der Waals surface area contributed by atoms with E-state index in [0.29, 0.717) is 17.7 Å². The minimum Gasteiger partial charge on any atom is -0.465 e. The lowest BCUT2D eigenvalue weighted by atomic mass is 10.1. The molecule has 1 heterocycles. The van der Waals surface area contributed by atoms with Crippen molar-refractivity contribution in [2.45, 2.75) is 32.2 Å². The first-order chi connectivity index (χ1) is 11.4. The Kier molecular flexibility index (Phi) is 5.77. The molecule has 0 radical (unpaired) electrons. The lowest BCUT2D eigenvalue weighted by Crippen LogP contribution is -2.41. The Morgan fingerprint density at radius 2 is 1.92 bits per heavy atom. The van der Waals surface area contributed by atoms with E-state index in [0.717, 1.165) is 18.2 Å². The molecule has 0 fully saturated rings. The molecule has 1 aliphatic rings. The molecule has 1 aromatic rings. The van der Waals surface area contributed by atoms with Crippen molar-refractivity contribution >= 4 is 27.4 Å². The third kappa shape index (κ3) is 4.23. The van der Waals surface area contributed by atoms with Gasteiger partial charge < -0.3 is 9.64 Å².